The van der Waals surface area contributed by atoms with E-state index in [4.69, 9.17) is 9.47 Å². The SMILES string of the molecule is CC1=CC(=O)[C@H](O)[C@]2(C)[C@@H]1C[C@@H]1OC(=O)[C@H](O)[C@@]3(O)[C@@]14CO[C@@]3(CO)[C@H](O)[C@@H](O)[C@H]24. The van der Waals surface area contributed by atoms with E-state index in [2.05, 4.69) is 0 Å². The second-order valence-electron chi connectivity index (χ2n) is 9.73. The number of aliphatic hydroxyl groups excluding tert-OH is 5. The van der Waals surface area contributed by atoms with Crippen molar-refractivity contribution < 1.29 is 49.7 Å². The first-order valence-corrected chi connectivity index (χ1v) is 10.1. The van der Waals surface area contributed by atoms with Crippen LogP contribution in [-0.4, -0.2) is 97.3 Å². The Bertz CT molecular complexity index is 872. The van der Waals surface area contributed by atoms with Gasteiger partial charge in [-0.2, -0.15) is 0 Å². The first-order chi connectivity index (χ1) is 13.9. The fourth-order valence-corrected chi connectivity index (χ4v) is 7.64. The molecule has 1 spiro atoms. The molecule has 30 heavy (non-hydrogen) atoms. The monoisotopic (exact) mass is 426 g/mol. The Kier molecular flexibility index (Phi) is 3.89. The van der Waals surface area contributed by atoms with Gasteiger partial charge in [-0.1, -0.05) is 12.5 Å². The number of hydrogen-bond acceptors (Lipinski definition) is 10. The normalized spacial score (nSPS) is 59.2. The molecule has 2 saturated carbocycles. The highest BCUT2D eigenvalue weighted by atomic mass is 16.6. The Balaban J connectivity index is 1.83. The number of carbonyl (C=O) groups is 2. The van der Waals surface area contributed by atoms with Crippen molar-refractivity contribution in [3.05, 3.63) is 11.6 Å². The number of esters is 1. The van der Waals surface area contributed by atoms with Crippen LogP contribution in [-0.2, 0) is 19.1 Å². The Hall–Kier alpha value is -1.40. The van der Waals surface area contributed by atoms with Crippen LogP contribution < -0.4 is 0 Å². The summed E-state index contributed by atoms with van der Waals surface area (Å²) >= 11 is 0. The summed E-state index contributed by atoms with van der Waals surface area (Å²) in [5.41, 5.74) is -7.15. The summed E-state index contributed by atoms with van der Waals surface area (Å²) in [4.78, 5) is 25.1. The summed E-state index contributed by atoms with van der Waals surface area (Å²) in [6.45, 7) is 1.96. The molecule has 5 rings (SSSR count). The maximum atomic E-state index is 12.6. The number of allylic oxidation sites excluding steroid dienone is 1. The van der Waals surface area contributed by atoms with Crippen molar-refractivity contribution in [3.63, 3.8) is 0 Å². The van der Waals surface area contributed by atoms with Gasteiger partial charge in [-0.05, 0) is 25.3 Å². The molecule has 10 heteroatoms. The summed E-state index contributed by atoms with van der Waals surface area (Å²) in [5, 5.41) is 66.0. The van der Waals surface area contributed by atoms with Gasteiger partial charge in [0.1, 0.15) is 23.9 Å². The van der Waals surface area contributed by atoms with Crippen molar-refractivity contribution in [1.82, 2.24) is 0 Å². The van der Waals surface area contributed by atoms with E-state index in [0.717, 1.165) is 0 Å². The lowest BCUT2D eigenvalue weighted by atomic mass is 9.36. The maximum Gasteiger partial charge on any atom is 0.338 e. The highest BCUT2D eigenvalue weighted by Crippen LogP contribution is 2.73. The standard InChI is InChI=1S/C20H26O10/c1-7-3-9(22)13(24)17(2)8(7)4-10-18-6-29-19(5-21,14(25)11(23)12(17)18)20(18,28)15(26)16(27)30-10/h3,8,10-15,21,23-26,28H,4-6H2,1-2H3/t8-,10+,11+,12-,13+,14-,15+,17-,18+,19+,20-/m1/s1. The Morgan fingerprint density at radius 2 is 1.83 bits per heavy atom. The third-order valence-corrected chi connectivity index (χ3v) is 8.96. The molecule has 0 aromatic heterocycles. The van der Waals surface area contributed by atoms with Crippen molar-refractivity contribution in [1.29, 1.82) is 0 Å². The average Bonchev–Trinajstić information content (AvgIpc) is 2.91. The van der Waals surface area contributed by atoms with E-state index in [1.807, 2.05) is 0 Å². The number of ether oxygens (including phenoxy) is 2. The van der Waals surface area contributed by atoms with Gasteiger partial charge in [0.25, 0.3) is 0 Å². The molecule has 11 atom stereocenters. The van der Waals surface area contributed by atoms with Crippen LogP contribution in [0.1, 0.15) is 20.3 Å². The van der Waals surface area contributed by atoms with Crippen molar-refractivity contribution in [2.24, 2.45) is 22.7 Å². The first kappa shape index (κ1) is 20.5. The second-order valence-corrected chi connectivity index (χ2v) is 9.73. The predicted octanol–water partition coefficient (Wildman–Crippen LogP) is -2.98. The van der Waals surface area contributed by atoms with E-state index in [-0.39, 0.29) is 13.0 Å². The fraction of sp³-hybridized carbons (Fsp3) is 0.800. The molecule has 0 unspecified atom stereocenters. The lowest BCUT2D eigenvalue weighted by Gasteiger charge is -2.70. The number of ketones is 1. The van der Waals surface area contributed by atoms with Gasteiger partial charge in [0, 0.05) is 11.3 Å². The maximum absolute atomic E-state index is 12.6. The smallest absolute Gasteiger partial charge is 0.338 e. The molecule has 6 N–H and O–H groups in total. The fourth-order valence-electron chi connectivity index (χ4n) is 7.64. The van der Waals surface area contributed by atoms with E-state index in [1.165, 1.54) is 6.08 Å². The van der Waals surface area contributed by atoms with E-state index in [9.17, 15) is 40.2 Å². The molecule has 0 aromatic carbocycles. The topological polar surface area (TPSA) is 174 Å². The highest BCUT2D eigenvalue weighted by Gasteiger charge is 2.89. The average molecular weight is 426 g/mol. The minimum atomic E-state index is -2.51. The predicted molar refractivity (Wildman–Crippen MR) is 95.5 cm³/mol. The molecule has 166 valence electrons. The van der Waals surface area contributed by atoms with E-state index in [1.54, 1.807) is 13.8 Å². The zero-order valence-electron chi connectivity index (χ0n) is 16.6. The quantitative estimate of drug-likeness (QED) is 0.237. The van der Waals surface area contributed by atoms with E-state index >= 15 is 0 Å². The zero-order chi connectivity index (χ0) is 22.0. The lowest BCUT2D eigenvalue weighted by Crippen LogP contribution is -2.87. The lowest BCUT2D eigenvalue weighted by molar-refractivity contribution is -0.357. The third-order valence-electron chi connectivity index (χ3n) is 8.96. The summed E-state index contributed by atoms with van der Waals surface area (Å²) in [5.74, 6) is -3.40. The Morgan fingerprint density at radius 1 is 1.17 bits per heavy atom. The molecule has 2 bridgehead atoms. The minimum absolute atomic E-state index is 0.105. The van der Waals surface area contributed by atoms with Gasteiger partial charge in [-0.25, -0.2) is 4.79 Å². The molecule has 2 aliphatic heterocycles. The van der Waals surface area contributed by atoms with Crippen LogP contribution in [0, 0.1) is 22.7 Å². The Morgan fingerprint density at radius 3 is 2.47 bits per heavy atom. The van der Waals surface area contributed by atoms with Crippen LogP contribution in [0.4, 0.5) is 0 Å². The van der Waals surface area contributed by atoms with Crippen LogP contribution in [0.15, 0.2) is 11.6 Å². The summed E-state index contributed by atoms with van der Waals surface area (Å²) in [7, 11) is 0. The van der Waals surface area contributed by atoms with Gasteiger partial charge in [0.05, 0.1) is 24.7 Å². The van der Waals surface area contributed by atoms with Gasteiger partial charge in [0.2, 0.25) is 0 Å². The van der Waals surface area contributed by atoms with Gasteiger partial charge in [-0.3, -0.25) is 4.79 Å². The van der Waals surface area contributed by atoms with Crippen molar-refractivity contribution >= 4 is 11.8 Å². The van der Waals surface area contributed by atoms with Gasteiger partial charge in [-0.15, -0.1) is 0 Å². The molecule has 3 aliphatic carbocycles. The highest BCUT2D eigenvalue weighted by molar-refractivity contribution is 5.96. The summed E-state index contributed by atoms with van der Waals surface area (Å²) < 4.78 is 11.2. The molecule has 0 aromatic rings. The number of carbonyl (C=O) groups excluding carboxylic acids is 2. The van der Waals surface area contributed by atoms with Crippen LogP contribution in [0.3, 0.4) is 0 Å². The zero-order valence-corrected chi connectivity index (χ0v) is 16.6. The first-order valence-electron chi connectivity index (χ1n) is 10.1. The van der Waals surface area contributed by atoms with Crippen LogP contribution in [0.5, 0.6) is 0 Å². The number of aliphatic hydroxyl groups is 6. The van der Waals surface area contributed by atoms with Crippen molar-refractivity contribution in [2.75, 3.05) is 13.2 Å². The number of hydrogen-bond donors (Lipinski definition) is 6. The largest absolute Gasteiger partial charge is 0.460 e. The number of rotatable bonds is 1. The molecule has 2 saturated heterocycles. The third kappa shape index (κ3) is 1.72. The summed E-state index contributed by atoms with van der Waals surface area (Å²) in [6, 6.07) is 0. The second kappa shape index (κ2) is 5.69. The van der Waals surface area contributed by atoms with Crippen molar-refractivity contribution in [2.45, 2.75) is 62.0 Å². The minimum Gasteiger partial charge on any atom is -0.460 e. The molecule has 10 nitrogen and oxygen atoms in total. The van der Waals surface area contributed by atoms with Gasteiger partial charge >= 0.3 is 5.97 Å². The molecule has 0 radical (unpaired) electrons. The van der Waals surface area contributed by atoms with Crippen LogP contribution in [0.25, 0.3) is 0 Å². The van der Waals surface area contributed by atoms with Gasteiger partial charge < -0.3 is 40.1 Å². The molecule has 2 heterocycles. The number of fused-ring (bicyclic) bond motifs is 2. The van der Waals surface area contributed by atoms with Crippen molar-refractivity contribution in [3.8, 4) is 0 Å². The molecule has 5 aliphatic rings. The molecular formula is C20H26O10. The van der Waals surface area contributed by atoms with Crippen LogP contribution in [0.2, 0.25) is 0 Å². The molecule has 0 amide bonds. The summed E-state index contributed by atoms with van der Waals surface area (Å²) in [6.07, 6.45) is -6.90. The van der Waals surface area contributed by atoms with Crippen LogP contribution >= 0.6 is 0 Å². The molecule has 4 fully saturated rings. The molecular weight excluding hydrogens is 400 g/mol. The van der Waals surface area contributed by atoms with E-state index < -0.39 is 82.7 Å². The van der Waals surface area contributed by atoms with Gasteiger partial charge in [0.15, 0.2) is 17.5 Å². The van der Waals surface area contributed by atoms with E-state index in [0.29, 0.717) is 5.57 Å². The Labute approximate surface area is 171 Å².